The Balaban J connectivity index is 1.41. The van der Waals surface area contributed by atoms with E-state index < -0.39 is 5.82 Å². The summed E-state index contributed by atoms with van der Waals surface area (Å²) in [5.74, 6) is 0.808. The van der Waals surface area contributed by atoms with Crippen molar-refractivity contribution in [1.29, 1.82) is 0 Å². The van der Waals surface area contributed by atoms with Crippen molar-refractivity contribution in [3.63, 3.8) is 0 Å². The number of amides is 1. The van der Waals surface area contributed by atoms with Gasteiger partial charge in [0.25, 0.3) is 0 Å². The van der Waals surface area contributed by atoms with Gasteiger partial charge in [0, 0.05) is 55.9 Å². The minimum absolute atomic E-state index is 0.118. The third-order valence-electron chi connectivity index (χ3n) is 6.71. The third kappa shape index (κ3) is 4.27. The maximum absolute atomic E-state index is 15.1. The summed E-state index contributed by atoms with van der Waals surface area (Å²) in [7, 11) is 2.11. The summed E-state index contributed by atoms with van der Waals surface area (Å²) in [6.07, 6.45) is 5.33. The largest absolute Gasteiger partial charge is 0.352 e. The molecule has 188 valence electrons. The second-order valence-corrected chi connectivity index (χ2v) is 9.22. The molecule has 0 saturated carbocycles. The van der Waals surface area contributed by atoms with Gasteiger partial charge in [-0.1, -0.05) is 6.92 Å². The summed E-state index contributed by atoms with van der Waals surface area (Å²) in [4.78, 5) is 33.4. The highest BCUT2D eigenvalue weighted by Crippen LogP contribution is 2.34. The minimum Gasteiger partial charge on any atom is -0.352 e. The van der Waals surface area contributed by atoms with E-state index in [1.165, 1.54) is 6.07 Å². The molecule has 5 aromatic rings. The van der Waals surface area contributed by atoms with Crippen molar-refractivity contribution in [2.75, 3.05) is 43.4 Å². The van der Waals surface area contributed by atoms with Crippen LogP contribution in [0.3, 0.4) is 0 Å². The van der Waals surface area contributed by atoms with Crippen LogP contribution in [0.25, 0.3) is 44.6 Å². The smallest absolute Gasteiger partial charge is 0.224 e. The van der Waals surface area contributed by atoms with Gasteiger partial charge < -0.3 is 20.1 Å². The predicted octanol–water partition coefficient (Wildman–Crippen LogP) is 3.80. The number of fused-ring (bicyclic) bond motifs is 2. The van der Waals surface area contributed by atoms with Gasteiger partial charge in [-0.2, -0.15) is 5.10 Å². The molecule has 0 aliphatic carbocycles. The number of halogens is 1. The molecule has 0 unspecified atom stereocenters. The van der Waals surface area contributed by atoms with Crippen LogP contribution in [-0.4, -0.2) is 74.2 Å². The van der Waals surface area contributed by atoms with Gasteiger partial charge in [-0.05, 0) is 36.9 Å². The molecule has 3 N–H and O–H groups in total. The van der Waals surface area contributed by atoms with Crippen LogP contribution in [0, 0.1) is 5.82 Å². The van der Waals surface area contributed by atoms with Gasteiger partial charge in [0.2, 0.25) is 5.91 Å². The standard InChI is InChI=1S/C26H26FN9O/c1-3-21(37)30-17-10-16(13-28-14-17)15-11-18-22(19(27)12-15)33-34-23(18)25-31-20-4-5-29-26(24(20)32-25)36-8-6-35(2)7-9-36/h4-5,10-14H,3,6-9H2,1-2H3,(H,30,37)(H,31,32)(H,33,34). The van der Waals surface area contributed by atoms with Crippen molar-refractivity contribution in [3.05, 3.63) is 48.7 Å². The van der Waals surface area contributed by atoms with Gasteiger partial charge in [0.15, 0.2) is 17.5 Å². The fourth-order valence-corrected chi connectivity index (χ4v) is 4.63. The number of nitrogens with one attached hydrogen (secondary N) is 3. The number of aromatic nitrogens is 6. The van der Waals surface area contributed by atoms with Gasteiger partial charge >= 0.3 is 0 Å². The normalized spacial score (nSPS) is 14.5. The quantitative estimate of drug-likeness (QED) is 0.337. The van der Waals surface area contributed by atoms with Crippen LogP contribution in [0.4, 0.5) is 15.9 Å². The van der Waals surface area contributed by atoms with Crippen LogP contribution in [0.15, 0.2) is 42.9 Å². The molecule has 5 heterocycles. The van der Waals surface area contributed by atoms with E-state index in [0.717, 1.165) is 43.0 Å². The van der Waals surface area contributed by atoms with Crippen molar-refractivity contribution < 1.29 is 9.18 Å². The Morgan fingerprint density at radius 2 is 1.95 bits per heavy atom. The summed E-state index contributed by atoms with van der Waals surface area (Å²) < 4.78 is 15.1. The van der Waals surface area contributed by atoms with E-state index in [2.05, 4.69) is 47.3 Å². The zero-order chi connectivity index (χ0) is 25.5. The van der Waals surface area contributed by atoms with Crippen molar-refractivity contribution in [3.8, 4) is 22.6 Å². The van der Waals surface area contributed by atoms with Gasteiger partial charge in [0.05, 0.1) is 17.4 Å². The zero-order valence-corrected chi connectivity index (χ0v) is 20.5. The monoisotopic (exact) mass is 499 g/mol. The highest BCUT2D eigenvalue weighted by Gasteiger charge is 2.21. The second-order valence-electron chi connectivity index (χ2n) is 9.22. The molecule has 10 nitrogen and oxygen atoms in total. The molecule has 0 bridgehead atoms. The van der Waals surface area contributed by atoms with Crippen molar-refractivity contribution in [2.24, 2.45) is 0 Å². The van der Waals surface area contributed by atoms with Crippen LogP contribution >= 0.6 is 0 Å². The SMILES string of the molecule is CCC(=O)Nc1cncc(-c2cc(F)c3n[nH]c(-c4nc5c(N6CCN(C)CC6)nccc5[nH]4)c3c2)c1. The lowest BCUT2D eigenvalue weighted by atomic mass is 10.0. The summed E-state index contributed by atoms with van der Waals surface area (Å²) >= 11 is 0. The molecule has 1 aliphatic rings. The summed E-state index contributed by atoms with van der Waals surface area (Å²) in [6.45, 7) is 5.44. The number of carbonyl (C=O) groups is 1. The average molecular weight is 500 g/mol. The van der Waals surface area contributed by atoms with Crippen LogP contribution in [0.1, 0.15) is 13.3 Å². The lowest BCUT2D eigenvalue weighted by molar-refractivity contribution is -0.115. The fraction of sp³-hybridized carbons (Fsp3) is 0.269. The van der Waals surface area contributed by atoms with Crippen LogP contribution in [0.5, 0.6) is 0 Å². The van der Waals surface area contributed by atoms with Gasteiger partial charge in [-0.25, -0.2) is 14.4 Å². The van der Waals surface area contributed by atoms with E-state index in [9.17, 15) is 4.79 Å². The molecular formula is C26H26FN9O. The van der Waals surface area contributed by atoms with E-state index in [-0.39, 0.29) is 11.4 Å². The zero-order valence-electron chi connectivity index (χ0n) is 20.5. The fourth-order valence-electron chi connectivity index (χ4n) is 4.63. The first-order chi connectivity index (χ1) is 18.0. The molecule has 1 aliphatic heterocycles. The molecule has 0 radical (unpaired) electrons. The Morgan fingerprint density at radius 1 is 1.11 bits per heavy atom. The molecule has 0 atom stereocenters. The number of rotatable bonds is 5. The Kier molecular flexibility index (Phi) is 5.76. The number of hydrogen-bond acceptors (Lipinski definition) is 7. The average Bonchev–Trinajstić information content (AvgIpc) is 3.53. The van der Waals surface area contributed by atoms with Crippen molar-refractivity contribution in [1.82, 2.24) is 35.0 Å². The molecular weight excluding hydrogens is 473 g/mol. The van der Waals surface area contributed by atoms with Crippen molar-refractivity contribution in [2.45, 2.75) is 13.3 Å². The second kappa shape index (κ2) is 9.25. The van der Waals surface area contributed by atoms with E-state index in [1.54, 1.807) is 31.6 Å². The lowest BCUT2D eigenvalue weighted by Gasteiger charge is -2.33. The molecule has 4 aromatic heterocycles. The first-order valence-corrected chi connectivity index (χ1v) is 12.2. The molecule has 37 heavy (non-hydrogen) atoms. The molecule has 11 heteroatoms. The van der Waals surface area contributed by atoms with Crippen LogP contribution in [0.2, 0.25) is 0 Å². The number of piperazine rings is 1. The number of pyridine rings is 2. The van der Waals surface area contributed by atoms with E-state index in [0.29, 0.717) is 40.1 Å². The number of hydrogen-bond donors (Lipinski definition) is 3. The van der Waals surface area contributed by atoms with Gasteiger partial charge in [-0.15, -0.1) is 0 Å². The van der Waals surface area contributed by atoms with E-state index >= 15 is 4.39 Å². The molecule has 6 rings (SSSR count). The van der Waals surface area contributed by atoms with E-state index in [1.807, 2.05) is 12.1 Å². The number of aromatic amines is 2. The van der Waals surface area contributed by atoms with Crippen LogP contribution in [-0.2, 0) is 4.79 Å². The minimum atomic E-state index is -0.464. The summed E-state index contributed by atoms with van der Waals surface area (Å²) in [5, 5.41) is 10.6. The molecule has 0 spiro atoms. The van der Waals surface area contributed by atoms with E-state index in [4.69, 9.17) is 4.98 Å². The molecule has 1 aromatic carbocycles. The number of likely N-dealkylation sites (N-methyl/N-ethyl adjacent to an activating group) is 1. The molecule has 1 saturated heterocycles. The number of anilines is 2. The summed E-state index contributed by atoms with van der Waals surface area (Å²) in [5.41, 5.74) is 4.27. The molecule has 1 fully saturated rings. The molecule has 1 amide bonds. The first kappa shape index (κ1) is 23.0. The first-order valence-electron chi connectivity index (χ1n) is 12.2. The maximum Gasteiger partial charge on any atom is 0.224 e. The highest BCUT2D eigenvalue weighted by molar-refractivity contribution is 5.97. The lowest BCUT2D eigenvalue weighted by Crippen LogP contribution is -2.44. The predicted molar refractivity (Wildman–Crippen MR) is 141 cm³/mol. The number of carbonyl (C=O) groups excluding carboxylic acids is 1. The number of H-pyrrole nitrogens is 2. The highest BCUT2D eigenvalue weighted by atomic mass is 19.1. The van der Waals surface area contributed by atoms with Gasteiger partial charge in [0.1, 0.15) is 16.7 Å². The number of imidazole rings is 1. The third-order valence-corrected chi connectivity index (χ3v) is 6.71. The Bertz CT molecular complexity index is 1620. The topological polar surface area (TPSA) is 119 Å². The van der Waals surface area contributed by atoms with Crippen LogP contribution < -0.4 is 10.2 Å². The number of benzene rings is 1. The van der Waals surface area contributed by atoms with Gasteiger partial charge in [-0.3, -0.25) is 14.9 Å². The Hall–Kier alpha value is -4.38. The summed E-state index contributed by atoms with van der Waals surface area (Å²) in [6, 6.07) is 6.93. The number of nitrogens with zero attached hydrogens (tertiary/aromatic N) is 6. The maximum atomic E-state index is 15.1. The van der Waals surface area contributed by atoms with Crippen molar-refractivity contribution >= 4 is 39.3 Å². The Morgan fingerprint density at radius 3 is 2.76 bits per heavy atom. The Labute approximate surface area is 211 Å².